The first-order valence-electron chi connectivity index (χ1n) is 9.93. The number of anilines is 1. The molecule has 0 saturated carbocycles. The molecule has 29 heavy (non-hydrogen) atoms. The molecule has 1 fully saturated rings. The first kappa shape index (κ1) is 21.3. The van der Waals surface area contributed by atoms with E-state index < -0.39 is 10.0 Å². The van der Waals surface area contributed by atoms with E-state index in [1.165, 1.54) is 31.0 Å². The van der Waals surface area contributed by atoms with Crippen molar-refractivity contribution in [3.63, 3.8) is 0 Å². The molecule has 0 bridgehead atoms. The Labute approximate surface area is 172 Å². The molecule has 1 saturated heterocycles. The Morgan fingerprint density at radius 3 is 2.62 bits per heavy atom. The Hall–Kier alpha value is -2.40. The molecular formula is C22H27N3O3S. The number of nitrogens with zero attached hydrogens (tertiary/aromatic N) is 2. The Morgan fingerprint density at radius 2 is 1.90 bits per heavy atom. The standard InChI is InChI=1S/C22H27N3O3S/c1-28-13-5-10-24-29(26,27)22(17-23)15-18-6-7-20-16-21(9-8-19(20)14-18)25-11-3-2-4-12-25/h6-9,14-16,24H,2-5,10-13H2,1H3/b22-15+. The second-order valence-electron chi connectivity index (χ2n) is 7.20. The quantitative estimate of drug-likeness (QED) is 0.528. The first-order chi connectivity index (χ1) is 14.0. The van der Waals surface area contributed by atoms with E-state index in [9.17, 15) is 13.7 Å². The maximum atomic E-state index is 12.4. The molecule has 1 heterocycles. The minimum atomic E-state index is -3.84. The summed E-state index contributed by atoms with van der Waals surface area (Å²) < 4.78 is 32.1. The number of allylic oxidation sites excluding steroid dienone is 1. The van der Waals surface area contributed by atoms with Gasteiger partial charge in [-0.15, -0.1) is 0 Å². The largest absolute Gasteiger partial charge is 0.385 e. The monoisotopic (exact) mass is 413 g/mol. The average Bonchev–Trinajstić information content (AvgIpc) is 2.75. The smallest absolute Gasteiger partial charge is 0.250 e. The highest BCUT2D eigenvalue weighted by atomic mass is 32.2. The van der Waals surface area contributed by atoms with Crippen LogP contribution in [0.3, 0.4) is 0 Å². The topological polar surface area (TPSA) is 82.4 Å². The molecule has 0 radical (unpaired) electrons. The molecule has 1 aliphatic rings. The van der Waals surface area contributed by atoms with E-state index in [1.807, 2.05) is 18.2 Å². The van der Waals surface area contributed by atoms with E-state index in [2.05, 4.69) is 27.8 Å². The van der Waals surface area contributed by atoms with Crippen molar-refractivity contribution in [2.75, 3.05) is 38.3 Å². The third-order valence-electron chi connectivity index (χ3n) is 5.08. The van der Waals surface area contributed by atoms with Gasteiger partial charge in [-0.2, -0.15) is 5.26 Å². The average molecular weight is 414 g/mol. The molecule has 3 rings (SSSR count). The van der Waals surface area contributed by atoms with Crippen LogP contribution in [-0.4, -0.2) is 41.8 Å². The van der Waals surface area contributed by atoms with Gasteiger partial charge in [0, 0.05) is 39.0 Å². The summed E-state index contributed by atoms with van der Waals surface area (Å²) in [7, 11) is -2.28. The van der Waals surface area contributed by atoms with Gasteiger partial charge in [-0.1, -0.05) is 18.2 Å². The Balaban J connectivity index is 1.80. The summed E-state index contributed by atoms with van der Waals surface area (Å²) in [4.78, 5) is 2.12. The van der Waals surface area contributed by atoms with Gasteiger partial charge in [-0.25, -0.2) is 13.1 Å². The van der Waals surface area contributed by atoms with Crippen LogP contribution in [0.25, 0.3) is 16.8 Å². The molecule has 0 spiro atoms. The highest BCUT2D eigenvalue weighted by molar-refractivity contribution is 7.93. The van der Waals surface area contributed by atoms with Crippen molar-refractivity contribution in [1.29, 1.82) is 5.26 Å². The van der Waals surface area contributed by atoms with Gasteiger partial charge in [-0.3, -0.25) is 0 Å². The number of hydrogen-bond donors (Lipinski definition) is 1. The molecular weight excluding hydrogens is 386 g/mol. The number of rotatable bonds is 8. The second kappa shape index (κ2) is 9.88. The van der Waals surface area contributed by atoms with E-state index in [-0.39, 0.29) is 11.4 Å². The van der Waals surface area contributed by atoms with E-state index in [4.69, 9.17) is 4.74 Å². The van der Waals surface area contributed by atoms with E-state index >= 15 is 0 Å². The van der Waals surface area contributed by atoms with E-state index in [0.717, 1.165) is 23.9 Å². The van der Waals surface area contributed by atoms with Crippen LogP contribution in [0.2, 0.25) is 0 Å². The van der Waals surface area contributed by atoms with Crippen molar-refractivity contribution in [2.24, 2.45) is 0 Å². The summed E-state index contributed by atoms with van der Waals surface area (Å²) in [6, 6.07) is 13.9. The van der Waals surface area contributed by atoms with Gasteiger partial charge in [0.15, 0.2) is 4.91 Å². The summed E-state index contributed by atoms with van der Waals surface area (Å²) >= 11 is 0. The van der Waals surface area contributed by atoms with Gasteiger partial charge in [0.1, 0.15) is 6.07 Å². The number of piperidine rings is 1. The lowest BCUT2D eigenvalue weighted by molar-refractivity contribution is 0.196. The number of nitriles is 1. The molecule has 6 nitrogen and oxygen atoms in total. The third kappa shape index (κ3) is 5.57. The fourth-order valence-corrected chi connectivity index (χ4v) is 4.49. The van der Waals surface area contributed by atoms with Crippen LogP contribution in [0.1, 0.15) is 31.2 Å². The molecule has 0 atom stereocenters. The van der Waals surface area contributed by atoms with Crippen molar-refractivity contribution in [1.82, 2.24) is 4.72 Å². The molecule has 0 aliphatic carbocycles. The van der Waals surface area contributed by atoms with Gasteiger partial charge in [0.25, 0.3) is 10.0 Å². The van der Waals surface area contributed by atoms with Crippen LogP contribution in [0, 0.1) is 11.3 Å². The van der Waals surface area contributed by atoms with Crippen LogP contribution in [0.15, 0.2) is 41.3 Å². The van der Waals surface area contributed by atoms with Gasteiger partial charge >= 0.3 is 0 Å². The number of hydrogen-bond acceptors (Lipinski definition) is 5. The predicted octanol–water partition coefficient (Wildman–Crippen LogP) is 3.65. The lowest BCUT2D eigenvalue weighted by atomic mass is 10.0. The molecule has 154 valence electrons. The summed E-state index contributed by atoms with van der Waals surface area (Å²) in [6.45, 7) is 2.87. The predicted molar refractivity (Wildman–Crippen MR) is 117 cm³/mol. The van der Waals surface area contributed by atoms with E-state index in [1.54, 1.807) is 13.2 Å². The number of nitrogens with one attached hydrogen (secondary N) is 1. The van der Waals surface area contributed by atoms with E-state index in [0.29, 0.717) is 18.6 Å². The van der Waals surface area contributed by atoms with Crippen molar-refractivity contribution in [2.45, 2.75) is 25.7 Å². The highest BCUT2D eigenvalue weighted by Gasteiger charge is 2.17. The zero-order chi connectivity index (χ0) is 20.7. The van der Waals surface area contributed by atoms with Crippen molar-refractivity contribution in [3.8, 4) is 6.07 Å². The molecule has 0 aromatic heterocycles. The Morgan fingerprint density at radius 1 is 1.17 bits per heavy atom. The lowest BCUT2D eigenvalue weighted by Crippen LogP contribution is -2.29. The first-order valence-corrected chi connectivity index (χ1v) is 11.4. The third-order valence-corrected chi connectivity index (χ3v) is 6.46. The van der Waals surface area contributed by atoms with Gasteiger partial charge in [0.2, 0.25) is 0 Å². The molecule has 7 heteroatoms. The normalized spacial score (nSPS) is 15.4. The number of methoxy groups -OCH3 is 1. The van der Waals surface area contributed by atoms with Gasteiger partial charge in [-0.05, 0) is 66.3 Å². The number of fused-ring (bicyclic) bond motifs is 1. The van der Waals surface area contributed by atoms with Crippen LogP contribution in [-0.2, 0) is 14.8 Å². The van der Waals surface area contributed by atoms with Crippen LogP contribution in [0.4, 0.5) is 5.69 Å². The number of sulfonamides is 1. The SMILES string of the molecule is COCCCNS(=O)(=O)/C(C#N)=C/c1ccc2cc(N3CCCCC3)ccc2c1. The molecule has 2 aromatic carbocycles. The Bertz CT molecular complexity index is 1020. The summed E-state index contributed by atoms with van der Waals surface area (Å²) in [6.07, 6.45) is 5.71. The zero-order valence-corrected chi connectivity index (χ0v) is 17.5. The molecule has 0 unspecified atom stereocenters. The fraction of sp³-hybridized carbons (Fsp3) is 0.409. The molecule has 1 aliphatic heterocycles. The summed E-state index contributed by atoms with van der Waals surface area (Å²) in [5.74, 6) is 0. The maximum Gasteiger partial charge on any atom is 0.250 e. The summed E-state index contributed by atoms with van der Waals surface area (Å²) in [5.41, 5.74) is 1.91. The summed E-state index contributed by atoms with van der Waals surface area (Å²) in [5, 5.41) is 11.5. The minimum Gasteiger partial charge on any atom is -0.385 e. The van der Waals surface area contributed by atoms with Crippen LogP contribution in [0.5, 0.6) is 0 Å². The van der Waals surface area contributed by atoms with Gasteiger partial charge < -0.3 is 9.64 Å². The van der Waals surface area contributed by atoms with Gasteiger partial charge in [0.05, 0.1) is 0 Å². The number of ether oxygens (including phenoxy) is 1. The van der Waals surface area contributed by atoms with Crippen LogP contribution >= 0.6 is 0 Å². The maximum absolute atomic E-state index is 12.4. The highest BCUT2D eigenvalue weighted by Crippen LogP contribution is 2.26. The molecule has 0 amide bonds. The lowest BCUT2D eigenvalue weighted by Gasteiger charge is -2.29. The van der Waals surface area contributed by atoms with Crippen molar-refractivity contribution < 1.29 is 13.2 Å². The Kier molecular flexibility index (Phi) is 7.26. The molecule has 2 aromatic rings. The van der Waals surface area contributed by atoms with Crippen molar-refractivity contribution >= 4 is 32.6 Å². The van der Waals surface area contributed by atoms with Crippen LogP contribution < -0.4 is 9.62 Å². The fourth-order valence-electron chi connectivity index (χ4n) is 3.51. The van der Waals surface area contributed by atoms with Crippen molar-refractivity contribution in [3.05, 3.63) is 46.9 Å². The minimum absolute atomic E-state index is 0.228. The number of benzene rings is 2. The molecule has 1 N–H and O–H groups in total. The zero-order valence-electron chi connectivity index (χ0n) is 16.7. The second-order valence-corrected chi connectivity index (χ2v) is 8.94.